The molecular weight excluding hydrogens is 336 g/mol. The Morgan fingerprint density at radius 3 is 2.70 bits per heavy atom. The van der Waals surface area contributed by atoms with Crippen molar-refractivity contribution in [3.63, 3.8) is 0 Å². The van der Waals surface area contributed by atoms with E-state index in [0.717, 1.165) is 39.0 Å². The first-order valence-corrected chi connectivity index (χ1v) is 10.1. The van der Waals surface area contributed by atoms with E-state index >= 15 is 0 Å². The van der Waals surface area contributed by atoms with Gasteiger partial charge < -0.3 is 9.64 Å². The Balaban J connectivity index is 1.52. The zero-order valence-electron chi connectivity index (χ0n) is 16.1. The fourth-order valence-electron chi connectivity index (χ4n) is 4.44. The normalized spacial score (nSPS) is 18.9. The third-order valence-corrected chi connectivity index (χ3v) is 5.72. The predicted octanol–water partition coefficient (Wildman–Crippen LogP) is 3.80. The summed E-state index contributed by atoms with van der Waals surface area (Å²) < 4.78 is 5.05. The molecule has 4 nitrogen and oxygen atoms in total. The number of carbonyl (C=O) groups is 1. The van der Waals surface area contributed by atoms with Crippen LogP contribution in [0.25, 0.3) is 0 Å². The molecule has 0 radical (unpaired) electrons. The van der Waals surface area contributed by atoms with Crippen LogP contribution in [0.3, 0.4) is 0 Å². The van der Waals surface area contributed by atoms with Crippen LogP contribution in [0.1, 0.15) is 42.5 Å². The van der Waals surface area contributed by atoms with Gasteiger partial charge in [0, 0.05) is 31.7 Å². The molecule has 1 atom stereocenters. The molecule has 0 N–H and O–H groups in total. The van der Waals surface area contributed by atoms with Gasteiger partial charge in [-0.2, -0.15) is 0 Å². The Hall–Kier alpha value is -2.33. The largest absolute Gasteiger partial charge is 0.466 e. The van der Waals surface area contributed by atoms with Gasteiger partial charge in [0.1, 0.15) is 0 Å². The average molecular weight is 364 g/mol. The second-order valence-corrected chi connectivity index (χ2v) is 7.42. The number of benzene rings is 2. The molecule has 4 heteroatoms. The minimum absolute atomic E-state index is 0.0788. The van der Waals surface area contributed by atoms with Gasteiger partial charge in [-0.05, 0) is 49.1 Å². The van der Waals surface area contributed by atoms with Crippen LogP contribution in [0.15, 0.2) is 48.5 Å². The average Bonchev–Trinajstić information content (AvgIpc) is 2.82. The molecule has 0 saturated carbocycles. The molecule has 2 aliphatic heterocycles. The molecule has 1 fully saturated rings. The molecule has 0 amide bonds. The fraction of sp³-hybridized carbons (Fsp3) is 0.435. The molecule has 0 aromatic heterocycles. The first-order chi connectivity index (χ1) is 13.3. The summed E-state index contributed by atoms with van der Waals surface area (Å²) in [6.45, 7) is 6.35. The maximum absolute atomic E-state index is 11.6. The van der Waals surface area contributed by atoms with Gasteiger partial charge >= 0.3 is 5.97 Å². The van der Waals surface area contributed by atoms with Crippen LogP contribution in [0, 0.1) is 0 Å². The lowest BCUT2D eigenvalue weighted by molar-refractivity contribution is -0.143. The molecule has 1 saturated heterocycles. The van der Waals surface area contributed by atoms with Crippen molar-refractivity contribution in [2.75, 3.05) is 37.7 Å². The minimum atomic E-state index is -0.0788. The van der Waals surface area contributed by atoms with Crippen molar-refractivity contribution in [2.45, 2.75) is 32.2 Å². The highest BCUT2D eigenvalue weighted by Crippen LogP contribution is 2.39. The Labute approximate surface area is 161 Å². The van der Waals surface area contributed by atoms with Gasteiger partial charge in [-0.25, -0.2) is 0 Å². The number of hydrogen-bond donors (Lipinski definition) is 0. The minimum Gasteiger partial charge on any atom is -0.466 e. The molecule has 27 heavy (non-hydrogen) atoms. The highest BCUT2D eigenvalue weighted by molar-refractivity contribution is 5.69. The van der Waals surface area contributed by atoms with Crippen molar-refractivity contribution >= 4 is 11.7 Å². The SMILES string of the molecule is CCOC(=O)CCCN1CCN2c3ccccc3Cc3ccccc3[C@H]2C1. The first kappa shape index (κ1) is 18.1. The van der Waals surface area contributed by atoms with E-state index in [1.807, 2.05) is 6.92 Å². The molecule has 2 heterocycles. The fourth-order valence-corrected chi connectivity index (χ4v) is 4.44. The molecule has 0 bridgehead atoms. The van der Waals surface area contributed by atoms with Crippen LogP contribution < -0.4 is 4.90 Å². The number of esters is 1. The Bertz CT molecular complexity index is 804. The molecule has 2 aliphatic rings. The number of rotatable bonds is 5. The molecule has 2 aromatic carbocycles. The van der Waals surface area contributed by atoms with E-state index in [0.29, 0.717) is 19.1 Å². The number of piperazine rings is 1. The van der Waals surface area contributed by atoms with Gasteiger partial charge in [-0.15, -0.1) is 0 Å². The highest BCUT2D eigenvalue weighted by atomic mass is 16.5. The lowest BCUT2D eigenvalue weighted by Crippen LogP contribution is -2.48. The Morgan fingerprint density at radius 2 is 1.85 bits per heavy atom. The van der Waals surface area contributed by atoms with E-state index in [-0.39, 0.29) is 5.97 Å². The summed E-state index contributed by atoms with van der Waals surface area (Å²) in [4.78, 5) is 16.7. The van der Waals surface area contributed by atoms with Crippen molar-refractivity contribution in [2.24, 2.45) is 0 Å². The van der Waals surface area contributed by atoms with Crippen LogP contribution in [-0.2, 0) is 16.0 Å². The standard InChI is InChI=1S/C23H28N2O2/c1-2-27-23(26)12-7-13-24-14-15-25-21-11-6-4-9-19(21)16-18-8-3-5-10-20(18)22(25)17-24/h3-6,8-11,22H,2,7,12-17H2,1H3/t22-/m1/s1. The quantitative estimate of drug-likeness (QED) is 0.756. The van der Waals surface area contributed by atoms with Gasteiger partial charge in [0.05, 0.1) is 12.6 Å². The Kier molecular flexibility index (Phi) is 5.44. The number of nitrogens with zero attached hydrogens (tertiary/aromatic N) is 2. The smallest absolute Gasteiger partial charge is 0.305 e. The zero-order chi connectivity index (χ0) is 18.6. The molecule has 0 aliphatic carbocycles. The van der Waals surface area contributed by atoms with Crippen molar-refractivity contribution < 1.29 is 9.53 Å². The summed E-state index contributed by atoms with van der Waals surface area (Å²) in [5.74, 6) is -0.0788. The van der Waals surface area contributed by atoms with Gasteiger partial charge in [0.15, 0.2) is 0 Å². The number of para-hydroxylation sites is 1. The van der Waals surface area contributed by atoms with E-state index in [9.17, 15) is 4.79 Å². The number of hydrogen-bond acceptors (Lipinski definition) is 4. The zero-order valence-corrected chi connectivity index (χ0v) is 16.1. The van der Waals surface area contributed by atoms with Crippen molar-refractivity contribution in [1.29, 1.82) is 0 Å². The lowest BCUT2D eigenvalue weighted by atomic mass is 9.96. The number of anilines is 1. The van der Waals surface area contributed by atoms with E-state index in [2.05, 4.69) is 58.3 Å². The van der Waals surface area contributed by atoms with Crippen LogP contribution in [0.2, 0.25) is 0 Å². The highest BCUT2D eigenvalue weighted by Gasteiger charge is 2.32. The number of carbonyl (C=O) groups excluding carboxylic acids is 1. The van der Waals surface area contributed by atoms with Gasteiger partial charge in [0.25, 0.3) is 0 Å². The van der Waals surface area contributed by atoms with Crippen LogP contribution in [0.4, 0.5) is 5.69 Å². The molecule has 0 spiro atoms. The second kappa shape index (κ2) is 8.13. The lowest BCUT2D eigenvalue weighted by Gasteiger charge is -2.43. The Morgan fingerprint density at radius 1 is 1.07 bits per heavy atom. The summed E-state index contributed by atoms with van der Waals surface area (Å²) in [6.07, 6.45) is 2.38. The molecular formula is C23H28N2O2. The summed E-state index contributed by atoms with van der Waals surface area (Å²) in [5, 5.41) is 0. The van der Waals surface area contributed by atoms with E-state index < -0.39 is 0 Å². The maximum Gasteiger partial charge on any atom is 0.305 e. The van der Waals surface area contributed by atoms with Crippen molar-refractivity contribution in [3.05, 3.63) is 65.2 Å². The summed E-state index contributed by atoms with van der Waals surface area (Å²) >= 11 is 0. The molecule has 0 unspecified atom stereocenters. The third kappa shape index (κ3) is 3.86. The summed E-state index contributed by atoms with van der Waals surface area (Å²) in [6, 6.07) is 18.1. The van der Waals surface area contributed by atoms with Crippen molar-refractivity contribution in [3.8, 4) is 0 Å². The van der Waals surface area contributed by atoms with E-state index in [1.165, 1.54) is 22.4 Å². The van der Waals surface area contributed by atoms with Gasteiger partial charge in [-0.3, -0.25) is 9.69 Å². The first-order valence-electron chi connectivity index (χ1n) is 10.1. The monoisotopic (exact) mass is 364 g/mol. The topological polar surface area (TPSA) is 32.8 Å². The van der Waals surface area contributed by atoms with E-state index in [4.69, 9.17) is 4.74 Å². The molecule has 142 valence electrons. The van der Waals surface area contributed by atoms with Gasteiger partial charge in [0.2, 0.25) is 0 Å². The predicted molar refractivity (Wildman–Crippen MR) is 108 cm³/mol. The molecule has 4 rings (SSSR count). The summed E-state index contributed by atoms with van der Waals surface area (Å²) in [7, 11) is 0. The number of ether oxygens (including phenoxy) is 1. The second-order valence-electron chi connectivity index (χ2n) is 7.42. The maximum atomic E-state index is 11.6. The van der Waals surface area contributed by atoms with Crippen molar-refractivity contribution in [1.82, 2.24) is 4.90 Å². The molecule has 2 aromatic rings. The number of fused-ring (bicyclic) bond motifs is 5. The van der Waals surface area contributed by atoms with Crippen LogP contribution in [-0.4, -0.2) is 43.7 Å². The van der Waals surface area contributed by atoms with Crippen LogP contribution >= 0.6 is 0 Å². The van der Waals surface area contributed by atoms with E-state index in [1.54, 1.807) is 0 Å². The van der Waals surface area contributed by atoms with Crippen LogP contribution in [0.5, 0.6) is 0 Å². The summed E-state index contributed by atoms with van der Waals surface area (Å²) in [5.41, 5.74) is 5.68. The third-order valence-electron chi connectivity index (χ3n) is 5.72. The van der Waals surface area contributed by atoms with Gasteiger partial charge in [-0.1, -0.05) is 42.5 Å².